The molecule has 0 saturated heterocycles. The molecule has 2 heterocycles. The Morgan fingerprint density at radius 2 is 1.50 bits per heavy atom. The third kappa shape index (κ3) is 6.64. The molecule has 2 N–H and O–H groups in total. The zero-order valence-electron chi connectivity index (χ0n) is 9.62. The van der Waals surface area contributed by atoms with Crippen molar-refractivity contribution >= 4 is 0 Å². The van der Waals surface area contributed by atoms with Crippen LogP contribution in [-0.4, -0.2) is 20.2 Å². The van der Waals surface area contributed by atoms with Gasteiger partial charge in [-0.2, -0.15) is 0 Å². The minimum atomic E-state index is -4.94. The van der Waals surface area contributed by atoms with Crippen molar-refractivity contribution in [3.05, 3.63) is 36.7 Å². The van der Waals surface area contributed by atoms with Crippen molar-refractivity contribution in [1.82, 2.24) is 9.97 Å². The molecule has 0 aliphatic heterocycles. The van der Waals surface area contributed by atoms with Gasteiger partial charge in [-0.3, -0.25) is 9.97 Å². The first-order valence-corrected chi connectivity index (χ1v) is 5.92. The molecule has 0 aromatic carbocycles. The Morgan fingerprint density at radius 3 is 2.00 bits per heavy atom. The zero-order chi connectivity index (χ0) is 14.5. The third-order valence-corrected chi connectivity index (χ3v) is 1.81. The maximum atomic E-state index is 9.50. The standard InChI is InChI=1S/C10H8N2O2.ClHO4.Fe/c13-8-4-6-12-9(10(8)14)7-3-1-2-5-11-7;2-1(3,4)5;/h1-6,14H,(H,12,13);(H,2,3,4,5);/p-1. The average molecular weight is 343 g/mol. The number of aromatic hydroxyl groups is 2. The molecule has 0 saturated carbocycles. The van der Waals surface area contributed by atoms with E-state index < -0.39 is 10.2 Å². The molecule has 0 spiro atoms. The van der Waals surface area contributed by atoms with Crippen LogP contribution in [0, 0.1) is 10.2 Å². The van der Waals surface area contributed by atoms with Gasteiger partial charge in [0.15, 0.2) is 11.5 Å². The Bertz CT molecular complexity index is 531. The van der Waals surface area contributed by atoms with E-state index in [9.17, 15) is 10.2 Å². The van der Waals surface area contributed by atoms with E-state index in [1.54, 1.807) is 24.4 Å². The Labute approximate surface area is 126 Å². The molecule has 110 valence electrons. The predicted octanol–water partition coefficient (Wildman–Crippen LogP) is -3.20. The van der Waals surface area contributed by atoms with E-state index >= 15 is 0 Å². The summed E-state index contributed by atoms with van der Waals surface area (Å²) in [5.41, 5.74) is 0.812. The fourth-order valence-electron chi connectivity index (χ4n) is 1.13. The number of hydrogen-bond donors (Lipinski definition) is 2. The summed E-state index contributed by atoms with van der Waals surface area (Å²) in [6.45, 7) is 0. The Hall–Kier alpha value is -1.45. The minimum absolute atomic E-state index is 0. The second kappa shape index (κ2) is 7.98. The first-order chi connectivity index (χ1) is 8.79. The number of halogens is 1. The van der Waals surface area contributed by atoms with E-state index in [4.69, 9.17) is 18.6 Å². The fourth-order valence-corrected chi connectivity index (χ4v) is 1.13. The van der Waals surface area contributed by atoms with Crippen LogP contribution in [0.3, 0.4) is 0 Å². The second-order valence-corrected chi connectivity index (χ2v) is 3.88. The fraction of sp³-hybridized carbons (Fsp3) is 0. The molecule has 2 aromatic heterocycles. The van der Waals surface area contributed by atoms with Crippen molar-refractivity contribution in [2.75, 3.05) is 0 Å². The van der Waals surface area contributed by atoms with E-state index in [2.05, 4.69) is 9.97 Å². The number of pyridine rings is 2. The molecule has 0 fully saturated rings. The summed E-state index contributed by atoms with van der Waals surface area (Å²) in [5, 5.41) is 18.7. The van der Waals surface area contributed by atoms with Gasteiger partial charge in [0.1, 0.15) is 5.69 Å². The van der Waals surface area contributed by atoms with Gasteiger partial charge in [-0.1, -0.05) is 6.07 Å². The molecule has 2 aromatic rings. The zero-order valence-corrected chi connectivity index (χ0v) is 11.5. The minimum Gasteiger partial charge on any atom is -0.504 e. The number of hydrogen-bond acceptors (Lipinski definition) is 8. The number of nitrogens with zero attached hydrogens (tertiary/aromatic N) is 2. The molecule has 8 nitrogen and oxygen atoms in total. The summed E-state index contributed by atoms with van der Waals surface area (Å²) >= 11 is 0. The van der Waals surface area contributed by atoms with Crippen LogP contribution in [0.15, 0.2) is 36.7 Å². The Morgan fingerprint density at radius 1 is 0.900 bits per heavy atom. The van der Waals surface area contributed by atoms with Gasteiger partial charge < -0.3 is 10.2 Å². The first kappa shape index (κ1) is 18.5. The molecular weight excluding hydrogens is 335 g/mol. The van der Waals surface area contributed by atoms with Crippen molar-refractivity contribution in [3.8, 4) is 22.9 Å². The maximum absolute atomic E-state index is 9.50. The van der Waals surface area contributed by atoms with Crippen LogP contribution in [0.4, 0.5) is 0 Å². The summed E-state index contributed by atoms with van der Waals surface area (Å²) in [7, 11) is -4.94. The van der Waals surface area contributed by atoms with Gasteiger partial charge in [-0.25, -0.2) is 18.6 Å². The average Bonchev–Trinajstić information content (AvgIpc) is 2.32. The molecule has 0 bridgehead atoms. The van der Waals surface area contributed by atoms with E-state index in [1.165, 1.54) is 12.3 Å². The van der Waals surface area contributed by atoms with Crippen LogP contribution in [0.1, 0.15) is 0 Å². The molecule has 2 rings (SSSR count). The van der Waals surface area contributed by atoms with Gasteiger partial charge in [0.25, 0.3) is 0 Å². The molecular formula is C10H8ClFeN2O6-. The van der Waals surface area contributed by atoms with Crippen molar-refractivity contribution in [3.63, 3.8) is 0 Å². The molecule has 0 unspecified atom stereocenters. The molecule has 0 radical (unpaired) electrons. The van der Waals surface area contributed by atoms with Gasteiger partial charge in [-0.05, 0) is 12.1 Å². The van der Waals surface area contributed by atoms with Gasteiger partial charge in [-0.15, -0.1) is 10.2 Å². The van der Waals surface area contributed by atoms with Crippen molar-refractivity contribution in [2.24, 2.45) is 0 Å². The molecule has 0 amide bonds. The largest absolute Gasteiger partial charge is 0.504 e. The molecule has 0 aliphatic carbocycles. The molecule has 20 heavy (non-hydrogen) atoms. The summed E-state index contributed by atoms with van der Waals surface area (Å²) in [6.07, 6.45) is 3.01. The maximum Gasteiger partial charge on any atom is 0.186 e. The van der Waals surface area contributed by atoms with Crippen molar-refractivity contribution in [1.29, 1.82) is 0 Å². The number of aromatic nitrogens is 2. The van der Waals surface area contributed by atoms with Crippen LogP contribution in [0.5, 0.6) is 11.5 Å². The quantitative estimate of drug-likeness (QED) is 0.512. The van der Waals surface area contributed by atoms with Crippen LogP contribution in [0.2, 0.25) is 0 Å². The summed E-state index contributed by atoms with van der Waals surface area (Å²) < 4.78 is 34.0. The summed E-state index contributed by atoms with van der Waals surface area (Å²) in [6, 6.07) is 6.58. The smallest absolute Gasteiger partial charge is 0.186 e. The second-order valence-electron chi connectivity index (χ2n) is 3.12. The monoisotopic (exact) mass is 343 g/mol. The van der Waals surface area contributed by atoms with Crippen LogP contribution < -0.4 is 18.6 Å². The van der Waals surface area contributed by atoms with Crippen LogP contribution in [0.25, 0.3) is 11.4 Å². The Balaban J connectivity index is 0.000000526. The van der Waals surface area contributed by atoms with E-state index in [1.807, 2.05) is 0 Å². The van der Waals surface area contributed by atoms with E-state index in [0.717, 1.165) is 0 Å². The third-order valence-electron chi connectivity index (χ3n) is 1.81. The molecule has 0 aliphatic rings. The molecule has 0 atom stereocenters. The first-order valence-electron chi connectivity index (χ1n) is 4.69. The van der Waals surface area contributed by atoms with Gasteiger partial charge in [0.05, 0.1) is 5.69 Å². The van der Waals surface area contributed by atoms with E-state index in [-0.39, 0.29) is 34.3 Å². The van der Waals surface area contributed by atoms with Crippen molar-refractivity contribution in [2.45, 2.75) is 0 Å². The number of rotatable bonds is 1. The Kier molecular flexibility index (Phi) is 7.40. The normalized spacial score (nSPS) is 10.0. The van der Waals surface area contributed by atoms with Crippen LogP contribution >= 0.6 is 0 Å². The molecule has 10 heteroatoms. The van der Waals surface area contributed by atoms with Gasteiger partial charge in [0, 0.05) is 35.5 Å². The topological polar surface area (TPSA) is 158 Å². The van der Waals surface area contributed by atoms with Crippen LogP contribution in [-0.2, 0) is 17.1 Å². The van der Waals surface area contributed by atoms with Crippen molar-refractivity contribution < 1.29 is 56.2 Å². The SMILES string of the molecule is Oc1ccnc(-c2ccccn2)c1O.[Fe].[O-][Cl+3]([O-])([O-])[O-]. The van der Waals surface area contributed by atoms with Gasteiger partial charge in [0.2, 0.25) is 0 Å². The summed E-state index contributed by atoms with van der Waals surface area (Å²) in [5.74, 6) is -0.438. The summed E-state index contributed by atoms with van der Waals surface area (Å²) in [4.78, 5) is 7.95. The van der Waals surface area contributed by atoms with E-state index in [0.29, 0.717) is 5.69 Å². The van der Waals surface area contributed by atoms with Gasteiger partial charge >= 0.3 is 0 Å². The predicted molar refractivity (Wildman–Crippen MR) is 50.8 cm³/mol.